The van der Waals surface area contributed by atoms with E-state index in [4.69, 9.17) is 21.4 Å². The van der Waals surface area contributed by atoms with E-state index < -0.39 is 17.6 Å². The predicted octanol–water partition coefficient (Wildman–Crippen LogP) is 1.65. The van der Waals surface area contributed by atoms with Crippen molar-refractivity contribution in [3.63, 3.8) is 0 Å². The van der Waals surface area contributed by atoms with Gasteiger partial charge < -0.3 is 9.63 Å². The smallest absolute Gasteiger partial charge is 0.273 e. The average molecular weight is 282 g/mol. The summed E-state index contributed by atoms with van der Waals surface area (Å²) < 4.78 is 5.06. The van der Waals surface area contributed by atoms with Crippen molar-refractivity contribution in [3.05, 3.63) is 22.4 Å². The zero-order chi connectivity index (χ0) is 14.4. The van der Waals surface area contributed by atoms with Crippen LogP contribution in [0.1, 0.15) is 26.5 Å². The molecule has 1 unspecified atom stereocenters. The van der Waals surface area contributed by atoms with Crippen LogP contribution in [0.2, 0.25) is 0 Å². The standard InChI is InChI=1S/C12H12ClN3O3/c1-6-9(13)11(18)16(10(6)17)8-4-7(19-15-8)12(2,3)5-14/h4,10,17H,1-3H3. The molecule has 0 fully saturated rings. The second kappa shape index (κ2) is 4.37. The summed E-state index contributed by atoms with van der Waals surface area (Å²) in [6, 6.07) is 3.52. The highest BCUT2D eigenvalue weighted by molar-refractivity contribution is 6.45. The van der Waals surface area contributed by atoms with Gasteiger partial charge in [-0.15, -0.1) is 0 Å². The van der Waals surface area contributed by atoms with Crippen LogP contribution in [0.3, 0.4) is 0 Å². The van der Waals surface area contributed by atoms with Crippen molar-refractivity contribution in [1.29, 1.82) is 5.26 Å². The highest BCUT2D eigenvalue weighted by Crippen LogP contribution is 2.33. The summed E-state index contributed by atoms with van der Waals surface area (Å²) >= 11 is 5.79. The van der Waals surface area contributed by atoms with Crippen LogP contribution in [0.4, 0.5) is 5.82 Å². The third kappa shape index (κ3) is 2.01. The maximum atomic E-state index is 11.9. The number of aromatic nitrogens is 1. The molecule has 100 valence electrons. The molecule has 0 bridgehead atoms. The lowest BCUT2D eigenvalue weighted by Crippen LogP contribution is -2.35. The molecule has 0 aromatic carbocycles. The van der Waals surface area contributed by atoms with Crippen LogP contribution in [-0.2, 0) is 10.2 Å². The van der Waals surface area contributed by atoms with Crippen LogP contribution in [-0.4, -0.2) is 22.4 Å². The molecule has 0 aliphatic carbocycles. The van der Waals surface area contributed by atoms with Gasteiger partial charge in [-0.3, -0.25) is 9.69 Å². The minimum atomic E-state index is -1.16. The molecule has 7 heteroatoms. The monoisotopic (exact) mass is 281 g/mol. The van der Waals surface area contributed by atoms with Crippen LogP contribution in [0.25, 0.3) is 0 Å². The first-order valence-corrected chi connectivity index (χ1v) is 5.93. The number of carbonyl (C=O) groups excluding carboxylic acids is 1. The highest BCUT2D eigenvalue weighted by atomic mass is 35.5. The molecule has 2 rings (SSSR count). The summed E-state index contributed by atoms with van der Waals surface area (Å²) in [5, 5.41) is 22.6. The Kier molecular flexibility index (Phi) is 3.12. The number of aliphatic hydroxyl groups excluding tert-OH is 1. The van der Waals surface area contributed by atoms with Crippen LogP contribution in [0.5, 0.6) is 0 Å². The lowest BCUT2D eigenvalue weighted by atomic mass is 9.92. The number of hydrogen-bond acceptors (Lipinski definition) is 5. The van der Waals surface area contributed by atoms with Gasteiger partial charge in [-0.1, -0.05) is 16.8 Å². The Labute approximate surface area is 114 Å². The Morgan fingerprint density at radius 3 is 2.74 bits per heavy atom. The Morgan fingerprint density at radius 1 is 1.63 bits per heavy atom. The SMILES string of the molecule is CC1=C(Cl)C(=O)N(c2cc(C(C)(C)C#N)on2)C1O. The fourth-order valence-electron chi connectivity index (χ4n) is 1.65. The van der Waals surface area contributed by atoms with Gasteiger partial charge in [0.2, 0.25) is 0 Å². The Bertz CT molecular complexity index is 612. The van der Waals surface area contributed by atoms with E-state index in [1.807, 2.05) is 0 Å². The van der Waals surface area contributed by atoms with Crippen molar-refractivity contribution in [2.45, 2.75) is 32.4 Å². The fourth-order valence-corrected chi connectivity index (χ4v) is 1.84. The molecule has 1 aromatic rings. The number of anilines is 1. The van der Waals surface area contributed by atoms with E-state index in [0.29, 0.717) is 11.3 Å². The van der Waals surface area contributed by atoms with Crippen LogP contribution in [0.15, 0.2) is 21.2 Å². The van der Waals surface area contributed by atoms with Crippen molar-refractivity contribution >= 4 is 23.3 Å². The van der Waals surface area contributed by atoms with E-state index in [1.54, 1.807) is 20.8 Å². The normalized spacial score (nSPS) is 20.1. The Hall–Kier alpha value is -1.84. The first-order valence-electron chi connectivity index (χ1n) is 5.56. The van der Waals surface area contributed by atoms with Gasteiger partial charge in [0.05, 0.1) is 6.07 Å². The quantitative estimate of drug-likeness (QED) is 0.890. The summed E-state index contributed by atoms with van der Waals surface area (Å²) in [7, 11) is 0. The Balaban J connectivity index is 2.37. The molecule has 6 nitrogen and oxygen atoms in total. The predicted molar refractivity (Wildman–Crippen MR) is 67.2 cm³/mol. The van der Waals surface area contributed by atoms with Crippen molar-refractivity contribution in [2.75, 3.05) is 4.90 Å². The molecular formula is C12H12ClN3O3. The fraction of sp³-hybridized carbons (Fsp3) is 0.417. The van der Waals surface area contributed by atoms with E-state index in [2.05, 4.69) is 11.2 Å². The lowest BCUT2D eigenvalue weighted by molar-refractivity contribution is -0.115. The van der Waals surface area contributed by atoms with Crippen molar-refractivity contribution in [1.82, 2.24) is 5.16 Å². The van der Waals surface area contributed by atoms with Crippen molar-refractivity contribution in [2.24, 2.45) is 0 Å². The summed E-state index contributed by atoms with van der Waals surface area (Å²) in [6.07, 6.45) is -1.16. The molecule has 19 heavy (non-hydrogen) atoms. The zero-order valence-corrected chi connectivity index (χ0v) is 11.4. The van der Waals surface area contributed by atoms with Crippen LogP contribution < -0.4 is 4.90 Å². The number of rotatable bonds is 2. The number of nitrogens with zero attached hydrogens (tertiary/aromatic N) is 3. The van der Waals surface area contributed by atoms with Gasteiger partial charge in [-0.2, -0.15) is 5.26 Å². The highest BCUT2D eigenvalue weighted by Gasteiger charge is 2.38. The molecule has 0 saturated heterocycles. The van der Waals surface area contributed by atoms with E-state index >= 15 is 0 Å². The molecule has 1 aromatic heterocycles. The number of amides is 1. The molecule has 0 saturated carbocycles. The minimum Gasteiger partial charge on any atom is -0.369 e. The van der Waals surface area contributed by atoms with Gasteiger partial charge in [0.15, 0.2) is 17.8 Å². The first-order chi connectivity index (χ1) is 8.79. The number of carbonyl (C=O) groups is 1. The second-order valence-electron chi connectivity index (χ2n) is 4.83. The first kappa shape index (κ1) is 13.6. The number of nitriles is 1. The van der Waals surface area contributed by atoms with Gasteiger partial charge in [-0.25, -0.2) is 0 Å². The maximum absolute atomic E-state index is 11.9. The Morgan fingerprint density at radius 2 is 2.26 bits per heavy atom. The van der Waals surface area contributed by atoms with E-state index in [-0.39, 0.29) is 10.9 Å². The largest absolute Gasteiger partial charge is 0.369 e. The summed E-state index contributed by atoms with van der Waals surface area (Å²) in [6.45, 7) is 4.89. The molecule has 1 aliphatic heterocycles. The number of aliphatic hydroxyl groups is 1. The minimum absolute atomic E-state index is 0.0309. The maximum Gasteiger partial charge on any atom is 0.273 e. The van der Waals surface area contributed by atoms with Gasteiger partial charge in [-0.05, 0) is 20.8 Å². The second-order valence-corrected chi connectivity index (χ2v) is 5.21. The average Bonchev–Trinajstić information content (AvgIpc) is 2.92. The van der Waals surface area contributed by atoms with E-state index in [1.165, 1.54) is 6.07 Å². The third-order valence-electron chi connectivity index (χ3n) is 3.02. The van der Waals surface area contributed by atoms with Crippen molar-refractivity contribution in [3.8, 4) is 6.07 Å². The van der Waals surface area contributed by atoms with Gasteiger partial charge in [0.1, 0.15) is 10.4 Å². The summed E-state index contributed by atoms with van der Waals surface area (Å²) in [5.41, 5.74) is -0.513. The zero-order valence-electron chi connectivity index (χ0n) is 10.6. The number of halogens is 1. The van der Waals surface area contributed by atoms with E-state index in [9.17, 15) is 9.90 Å². The molecule has 1 atom stereocenters. The molecule has 2 heterocycles. The molecule has 0 radical (unpaired) electrons. The molecule has 1 amide bonds. The summed E-state index contributed by atoms with van der Waals surface area (Å²) in [5.74, 6) is -0.0993. The molecule has 1 N–H and O–H groups in total. The lowest BCUT2D eigenvalue weighted by Gasteiger charge is -2.18. The van der Waals surface area contributed by atoms with Gasteiger partial charge in [0, 0.05) is 11.6 Å². The number of hydrogen-bond donors (Lipinski definition) is 1. The van der Waals surface area contributed by atoms with Gasteiger partial charge >= 0.3 is 0 Å². The van der Waals surface area contributed by atoms with Crippen molar-refractivity contribution < 1.29 is 14.4 Å². The topological polar surface area (TPSA) is 90.4 Å². The van der Waals surface area contributed by atoms with E-state index in [0.717, 1.165) is 4.90 Å². The molecular weight excluding hydrogens is 270 g/mol. The molecule has 0 spiro atoms. The van der Waals surface area contributed by atoms with Crippen LogP contribution in [0, 0.1) is 11.3 Å². The van der Waals surface area contributed by atoms with Crippen LogP contribution >= 0.6 is 11.6 Å². The molecule has 1 aliphatic rings. The van der Waals surface area contributed by atoms with Gasteiger partial charge in [0.25, 0.3) is 5.91 Å². The third-order valence-corrected chi connectivity index (χ3v) is 3.48. The summed E-state index contributed by atoms with van der Waals surface area (Å²) in [4.78, 5) is 12.9.